The predicted octanol–water partition coefficient (Wildman–Crippen LogP) is 3.35. The average Bonchev–Trinajstić information content (AvgIpc) is 3.09. The summed E-state index contributed by atoms with van der Waals surface area (Å²) in [6, 6.07) is 3.00. The minimum atomic E-state index is -4.85. The first-order valence-corrected chi connectivity index (χ1v) is 6.59. The van der Waals surface area contributed by atoms with Crippen LogP contribution in [0.25, 0.3) is 10.2 Å². The molecule has 0 bridgehead atoms. The lowest BCUT2D eigenvalue weighted by Gasteiger charge is -2.22. The second kappa shape index (κ2) is 4.19. The molecule has 1 aliphatic rings. The second-order valence-electron chi connectivity index (χ2n) is 4.38. The molecule has 3 rings (SSSR count). The molecule has 0 N–H and O–H groups in total. The number of rotatable bonds is 2. The van der Waals surface area contributed by atoms with Gasteiger partial charge in [0.05, 0.1) is 5.69 Å². The Morgan fingerprint density at radius 1 is 1.42 bits per heavy atom. The lowest BCUT2D eigenvalue weighted by atomic mass is 10.2. The fourth-order valence-electron chi connectivity index (χ4n) is 1.98. The molecule has 0 unspecified atom stereocenters. The van der Waals surface area contributed by atoms with Gasteiger partial charge in [0.25, 0.3) is 0 Å². The van der Waals surface area contributed by atoms with Crippen LogP contribution in [0.1, 0.15) is 12.8 Å². The van der Waals surface area contributed by atoms with Crippen molar-refractivity contribution in [3.05, 3.63) is 23.7 Å². The molecule has 1 fully saturated rings. The van der Waals surface area contributed by atoms with Crippen molar-refractivity contribution in [3.8, 4) is 0 Å². The van der Waals surface area contributed by atoms with E-state index in [4.69, 9.17) is 0 Å². The smallest absolute Gasteiger partial charge is 0.300 e. The molecule has 19 heavy (non-hydrogen) atoms. The molecule has 2 aromatic rings. The monoisotopic (exact) mass is 286 g/mol. The Morgan fingerprint density at radius 2 is 2.16 bits per heavy atom. The summed E-state index contributed by atoms with van der Waals surface area (Å²) in [6.45, 7) is 0. The van der Waals surface area contributed by atoms with Crippen LogP contribution in [0.2, 0.25) is 0 Å². The summed E-state index contributed by atoms with van der Waals surface area (Å²) in [5.41, 5.74) is 0.318. The van der Waals surface area contributed by atoms with E-state index < -0.39 is 12.1 Å². The minimum Gasteiger partial charge on any atom is -0.300 e. The molecule has 3 nitrogen and oxygen atoms in total. The van der Waals surface area contributed by atoms with E-state index in [2.05, 4.69) is 4.98 Å². The minimum absolute atomic E-state index is 0.318. The third-order valence-electron chi connectivity index (χ3n) is 2.96. The zero-order valence-electron chi connectivity index (χ0n) is 9.65. The van der Waals surface area contributed by atoms with Crippen LogP contribution in [-0.4, -0.2) is 23.1 Å². The summed E-state index contributed by atoms with van der Waals surface area (Å²) in [7, 11) is 0. The highest BCUT2D eigenvalue weighted by atomic mass is 32.1. The number of thiophene rings is 1. The maximum Gasteiger partial charge on any atom is 0.471 e. The van der Waals surface area contributed by atoms with E-state index in [0.29, 0.717) is 28.7 Å². The van der Waals surface area contributed by atoms with Gasteiger partial charge in [-0.3, -0.25) is 4.79 Å². The van der Waals surface area contributed by atoms with Crippen molar-refractivity contribution in [1.82, 2.24) is 4.98 Å². The van der Waals surface area contributed by atoms with E-state index in [1.54, 1.807) is 23.7 Å². The van der Waals surface area contributed by atoms with E-state index >= 15 is 0 Å². The van der Waals surface area contributed by atoms with E-state index in [9.17, 15) is 18.0 Å². The van der Waals surface area contributed by atoms with Crippen LogP contribution in [-0.2, 0) is 4.79 Å². The Labute approximate surface area is 110 Å². The first-order chi connectivity index (χ1) is 8.98. The van der Waals surface area contributed by atoms with Crippen molar-refractivity contribution in [3.63, 3.8) is 0 Å². The molecule has 0 atom stereocenters. The highest BCUT2D eigenvalue weighted by molar-refractivity contribution is 7.17. The van der Waals surface area contributed by atoms with Crippen molar-refractivity contribution in [2.24, 2.45) is 0 Å². The summed E-state index contributed by atoms with van der Waals surface area (Å²) in [5, 5.41) is 2.16. The van der Waals surface area contributed by atoms with Crippen molar-refractivity contribution >= 4 is 33.1 Å². The fourth-order valence-corrected chi connectivity index (χ4v) is 2.87. The number of amides is 1. The largest absolute Gasteiger partial charge is 0.471 e. The predicted molar refractivity (Wildman–Crippen MR) is 66.2 cm³/mol. The molecule has 1 saturated carbocycles. The van der Waals surface area contributed by atoms with Crippen molar-refractivity contribution in [2.45, 2.75) is 25.1 Å². The molecular formula is C12H9F3N2OS. The Bertz CT molecular complexity index is 633. The average molecular weight is 286 g/mol. The van der Waals surface area contributed by atoms with Gasteiger partial charge in [0, 0.05) is 23.0 Å². The van der Waals surface area contributed by atoms with Gasteiger partial charge in [-0.1, -0.05) is 0 Å². The molecule has 1 aliphatic carbocycles. The first-order valence-electron chi connectivity index (χ1n) is 5.71. The van der Waals surface area contributed by atoms with Crippen LogP contribution in [0.5, 0.6) is 0 Å². The summed E-state index contributed by atoms with van der Waals surface area (Å²) >= 11 is 1.24. The van der Waals surface area contributed by atoms with Gasteiger partial charge in [-0.15, -0.1) is 11.3 Å². The quantitative estimate of drug-likeness (QED) is 0.848. The van der Waals surface area contributed by atoms with Gasteiger partial charge in [-0.25, -0.2) is 4.98 Å². The van der Waals surface area contributed by atoms with Gasteiger partial charge in [0.2, 0.25) is 0 Å². The maximum atomic E-state index is 12.7. The molecule has 2 aromatic heterocycles. The van der Waals surface area contributed by atoms with Gasteiger partial charge >= 0.3 is 12.1 Å². The Kier molecular flexibility index (Phi) is 2.74. The summed E-state index contributed by atoms with van der Waals surface area (Å²) < 4.78 is 38.0. The molecule has 0 aromatic carbocycles. The van der Waals surface area contributed by atoms with Gasteiger partial charge < -0.3 is 4.90 Å². The lowest BCUT2D eigenvalue weighted by molar-refractivity contribution is -0.170. The van der Waals surface area contributed by atoms with Crippen LogP contribution in [0.15, 0.2) is 23.7 Å². The van der Waals surface area contributed by atoms with E-state index in [0.717, 1.165) is 4.90 Å². The standard InChI is InChI=1S/C12H9F3N2OS/c13-12(14,15)11(18)17(7-3-4-7)9-6-19-10-8(9)2-1-5-16-10/h1-2,5-7H,3-4H2. The van der Waals surface area contributed by atoms with Crippen LogP contribution < -0.4 is 4.90 Å². The Hall–Kier alpha value is -1.63. The Balaban J connectivity index is 2.08. The number of fused-ring (bicyclic) bond motifs is 1. The van der Waals surface area contributed by atoms with Crippen LogP contribution >= 0.6 is 11.3 Å². The number of halogens is 3. The molecule has 7 heteroatoms. The normalized spacial score (nSPS) is 15.7. The third-order valence-corrected chi connectivity index (χ3v) is 3.85. The number of hydrogen-bond donors (Lipinski definition) is 0. The number of carbonyl (C=O) groups excluding carboxylic acids is 1. The zero-order valence-corrected chi connectivity index (χ0v) is 10.5. The van der Waals surface area contributed by atoms with E-state index in [1.165, 1.54) is 11.3 Å². The number of alkyl halides is 3. The number of nitrogens with zero attached hydrogens (tertiary/aromatic N) is 2. The number of aromatic nitrogens is 1. The third kappa shape index (κ3) is 2.18. The van der Waals surface area contributed by atoms with Gasteiger partial charge in [0.1, 0.15) is 4.83 Å². The molecule has 0 saturated heterocycles. The molecule has 0 spiro atoms. The molecule has 0 aliphatic heterocycles. The summed E-state index contributed by atoms with van der Waals surface area (Å²) in [5.74, 6) is -1.79. The molecule has 100 valence electrons. The number of anilines is 1. The van der Waals surface area contributed by atoms with Gasteiger partial charge in [-0.2, -0.15) is 13.2 Å². The number of pyridine rings is 1. The van der Waals surface area contributed by atoms with Crippen molar-refractivity contribution in [1.29, 1.82) is 0 Å². The van der Waals surface area contributed by atoms with Crippen LogP contribution in [0.4, 0.5) is 18.9 Å². The van der Waals surface area contributed by atoms with Crippen LogP contribution in [0, 0.1) is 0 Å². The molecule has 0 radical (unpaired) electrons. The fraction of sp³-hybridized carbons (Fsp3) is 0.333. The van der Waals surface area contributed by atoms with Crippen molar-refractivity contribution in [2.75, 3.05) is 4.90 Å². The topological polar surface area (TPSA) is 33.2 Å². The molecule has 2 heterocycles. The maximum absolute atomic E-state index is 12.7. The molecular weight excluding hydrogens is 277 g/mol. The summed E-state index contributed by atoms with van der Waals surface area (Å²) in [4.78, 5) is 17.2. The van der Waals surface area contributed by atoms with E-state index in [-0.39, 0.29) is 6.04 Å². The van der Waals surface area contributed by atoms with Gasteiger partial charge in [-0.05, 0) is 25.0 Å². The summed E-state index contributed by atoms with van der Waals surface area (Å²) in [6.07, 6.45) is -2.05. The highest BCUT2D eigenvalue weighted by Crippen LogP contribution is 2.40. The van der Waals surface area contributed by atoms with E-state index in [1.807, 2.05) is 0 Å². The highest BCUT2D eigenvalue weighted by Gasteiger charge is 2.48. The van der Waals surface area contributed by atoms with Crippen molar-refractivity contribution < 1.29 is 18.0 Å². The molecule has 1 amide bonds. The Morgan fingerprint density at radius 3 is 2.79 bits per heavy atom. The number of hydrogen-bond acceptors (Lipinski definition) is 3. The zero-order chi connectivity index (χ0) is 13.6. The SMILES string of the molecule is O=C(N(c1csc2ncccc12)C1CC1)C(F)(F)F. The lowest BCUT2D eigenvalue weighted by Crippen LogP contribution is -2.42. The van der Waals surface area contributed by atoms with Crippen LogP contribution in [0.3, 0.4) is 0 Å². The second-order valence-corrected chi connectivity index (χ2v) is 5.24. The van der Waals surface area contributed by atoms with Gasteiger partial charge in [0.15, 0.2) is 0 Å². The first kappa shape index (κ1) is 12.4. The number of carbonyl (C=O) groups is 1.